The van der Waals surface area contributed by atoms with Gasteiger partial charge >= 0.3 is 0 Å². The molecular weight excluding hydrogens is 308 g/mol. The molecule has 132 valence electrons. The summed E-state index contributed by atoms with van der Waals surface area (Å²) in [5.74, 6) is 0. The Morgan fingerprint density at radius 1 is 0.880 bits per heavy atom. The van der Waals surface area contributed by atoms with Crippen molar-refractivity contribution in [2.24, 2.45) is 0 Å². The van der Waals surface area contributed by atoms with Crippen molar-refractivity contribution in [1.29, 1.82) is 0 Å². The summed E-state index contributed by atoms with van der Waals surface area (Å²) in [4.78, 5) is 2.47. The first-order valence-electron chi connectivity index (χ1n) is 9.57. The molecule has 4 rings (SSSR count). The number of nitrogens with zero attached hydrogens (tertiary/aromatic N) is 1. The van der Waals surface area contributed by atoms with E-state index in [-0.39, 0.29) is 5.54 Å². The van der Waals surface area contributed by atoms with E-state index in [0.29, 0.717) is 0 Å². The lowest BCUT2D eigenvalue weighted by molar-refractivity contribution is 0.0342. The Balaban J connectivity index is 1.46. The van der Waals surface area contributed by atoms with Crippen LogP contribution in [0.5, 0.6) is 0 Å². The zero-order valence-corrected chi connectivity index (χ0v) is 14.9. The molecule has 3 heteroatoms. The van der Waals surface area contributed by atoms with Crippen molar-refractivity contribution in [3.05, 3.63) is 65.7 Å². The smallest absolute Gasteiger partial charge is 0.0625 e. The van der Waals surface area contributed by atoms with Gasteiger partial charge in [0, 0.05) is 25.3 Å². The zero-order chi connectivity index (χ0) is 17.0. The SMILES string of the molecule is c1ccc(C2(Nc3ccc(CN4CCOCC4)cc3)CCCC2)cc1. The Kier molecular flexibility index (Phi) is 5.04. The Bertz CT molecular complexity index is 656. The van der Waals surface area contributed by atoms with Gasteiger partial charge in [-0.3, -0.25) is 4.90 Å². The third kappa shape index (κ3) is 3.88. The maximum absolute atomic E-state index is 5.43. The van der Waals surface area contributed by atoms with E-state index < -0.39 is 0 Å². The Morgan fingerprint density at radius 3 is 2.24 bits per heavy atom. The molecule has 3 nitrogen and oxygen atoms in total. The molecule has 1 heterocycles. The predicted octanol–water partition coefficient (Wildman–Crippen LogP) is 4.40. The molecule has 0 radical (unpaired) electrons. The molecule has 1 aliphatic heterocycles. The molecule has 2 aromatic rings. The first-order valence-corrected chi connectivity index (χ1v) is 9.57. The van der Waals surface area contributed by atoms with Crippen LogP contribution in [0.4, 0.5) is 5.69 Å². The molecule has 2 aliphatic rings. The number of ether oxygens (including phenoxy) is 1. The molecule has 0 bridgehead atoms. The number of hydrogen-bond acceptors (Lipinski definition) is 3. The van der Waals surface area contributed by atoms with Crippen molar-refractivity contribution < 1.29 is 4.74 Å². The maximum atomic E-state index is 5.43. The van der Waals surface area contributed by atoms with Crippen molar-refractivity contribution in [3.63, 3.8) is 0 Å². The number of nitrogens with one attached hydrogen (secondary N) is 1. The zero-order valence-electron chi connectivity index (χ0n) is 14.9. The van der Waals surface area contributed by atoms with Gasteiger partial charge in [0.1, 0.15) is 0 Å². The summed E-state index contributed by atoms with van der Waals surface area (Å²) in [6.07, 6.45) is 5.03. The number of morpholine rings is 1. The third-order valence-electron chi connectivity index (χ3n) is 5.63. The van der Waals surface area contributed by atoms with Crippen LogP contribution in [0.1, 0.15) is 36.8 Å². The van der Waals surface area contributed by atoms with Crippen LogP contribution in [-0.2, 0) is 16.8 Å². The van der Waals surface area contributed by atoms with E-state index in [1.165, 1.54) is 42.5 Å². The van der Waals surface area contributed by atoms with Gasteiger partial charge in [0.25, 0.3) is 0 Å². The van der Waals surface area contributed by atoms with Gasteiger partial charge in [-0.2, -0.15) is 0 Å². The van der Waals surface area contributed by atoms with Crippen molar-refractivity contribution in [2.45, 2.75) is 37.8 Å². The number of rotatable bonds is 5. The van der Waals surface area contributed by atoms with Gasteiger partial charge in [0.05, 0.1) is 18.8 Å². The van der Waals surface area contributed by atoms with Crippen LogP contribution < -0.4 is 5.32 Å². The number of anilines is 1. The van der Waals surface area contributed by atoms with Gasteiger partial charge in [-0.15, -0.1) is 0 Å². The highest BCUT2D eigenvalue weighted by Gasteiger charge is 2.35. The molecule has 0 amide bonds. The summed E-state index contributed by atoms with van der Waals surface area (Å²) in [6.45, 7) is 4.82. The first kappa shape index (κ1) is 16.6. The molecule has 1 N–H and O–H groups in total. The Labute approximate surface area is 151 Å². The fourth-order valence-corrected chi connectivity index (χ4v) is 4.21. The van der Waals surface area contributed by atoms with E-state index >= 15 is 0 Å². The fraction of sp³-hybridized carbons (Fsp3) is 0.455. The summed E-state index contributed by atoms with van der Waals surface area (Å²) in [5, 5.41) is 3.87. The molecule has 2 fully saturated rings. The third-order valence-corrected chi connectivity index (χ3v) is 5.63. The van der Waals surface area contributed by atoms with E-state index in [4.69, 9.17) is 4.74 Å². The monoisotopic (exact) mass is 336 g/mol. The van der Waals surface area contributed by atoms with Gasteiger partial charge in [0.2, 0.25) is 0 Å². The van der Waals surface area contributed by atoms with Crippen LogP contribution in [0.3, 0.4) is 0 Å². The quantitative estimate of drug-likeness (QED) is 0.876. The van der Waals surface area contributed by atoms with Crippen LogP contribution in [0.15, 0.2) is 54.6 Å². The van der Waals surface area contributed by atoms with Crippen LogP contribution in [0.2, 0.25) is 0 Å². The topological polar surface area (TPSA) is 24.5 Å². The molecule has 0 aromatic heterocycles. The van der Waals surface area contributed by atoms with Gasteiger partial charge < -0.3 is 10.1 Å². The molecule has 1 aliphatic carbocycles. The van der Waals surface area contributed by atoms with Crippen LogP contribution >= 0.6 is 0 Å². The molecule has 0 unspecified atom stereocenters. The summed E-state index contributed by atoms with van der Waals surface area (Å²) < 4.78 is 5.43. The van der Waals surface area contributed by atoms with Crippen molar-refractivity contribution in [1.82, 2.24) is 4.90 Å². The van der Waals surface area contributed by atoms with Gasteiger partial charge in [-0.1, -0.05) is 55.3 Å². The molecule has 1 saturated carbocycles. The molecule has 0 atom stereocenters. The van der Waals surface area contributed by atoms with Gasteiger partial charge in [-0.05, 0) is 36.1 Å². The molecule has 1 saturated heterocycles. The fourth-order valence-electron chi connectivity index (χ4n) is 4.21. The summed E-state index contributed by atoms with van der Waals surface area (Å²) in [5.41, 5.74) is 4.14. The molecule has 25 heavy (non-hydrogen) atoms. The van der Waals surface area contributed by atoms with Crippen molar-refractivity contribution in [3.8, 4) is 0 Å². The minimum Gasteiger partial charge on any atom is -0.379 e. The highest BCUT2D eigenvalue weighted by molar-refractivity contribution is 5.49. The lowest BCUT2D eigenvalue weighted by atomic mass is 9.88. The van der Waals surface area contributed by atoms with Crippen LogP contribution in [0, 0.1) is 0 Å². The minimum absolute atomic E-state index is 0.104. The Hall–Kier alpha value is -1.84. The van der Waals surface area contributed by atoms with E-state index in [0.717, 1.165) is 32.8 Å². The van der Waals surface area contributed by atoms with Crippen LogP contribution in [0.25, 0.3) is 0 Å². The summed E-state index contributed by atoms with van der Waals surface area (Å²) in [6, 6.07) is 20.0. The highest BCUT2D eigenvalue weighted by Crippen LogP contribution is 2.41. The molecule has 2 aromatic carbocycles. The van der Waals surface area contributed by atoms with Crippen LogP contribution in [-0.4, -0.2) is 31.2 Å². The normalized spacial score (nSPS) is 20.5. The lowest BCUT2D eigenvalue weighted by Crippen LogP contribution is -2.35. The van der Waals surface area contributed by atoms with Gasteiger partial charge in [0.15, 0.2) is 0 Å². The van der Waals surface area contributed by atoms with E-state index in [1.807, 2.05) is 0 Å². The van der Waals surface area contributed by atoms with Crippen molar-refractivity contribution in [2.75, 3.05) is 31.6 Å². The van der Waals surface area contributed by atoms with E-state index in [1.54, 1.807) is 0 Å². The Morgan fingerprint density at radius 2 is 1.56 bits per heavy atom. The lowest BCUT2D eigenvalue weighted by Gasteiger charge is -2.32. The average molecular weight is 336 g/mol. The van der Waals surface area contributed by atoms with E-state index in [2.05, 4.69) is 64.8 Å². The molecular formula is C22H28N2O. The van der Waals surface area contributed by atoms with E-state index in [9.17, 15) is 0 Å². The average Bonchev–Trinajstić information content (AvgIpc) is 3.15. The maximum Gasteiger partial charge on any atom is 0.0625 e. The second-order valence-corrected chi connectivity index (χ2v) is 7.37. The largest absolute Gasteiger partial charge is 0.379 e. The minimum atomic E-state index is 0.104. The second-order valence-electron chi connectivity index (χ2n) is 7.37. The first-order chi connectivity index (χ1) is 12.3. The molecule has 0 spiro atoms. The highest BCUT2D eigenvalue weighted by atomic mass is 16.5. The van der Waals surface area contributed by atoms with Crippen molar-refractivity contribution >= 4 is 5.69 Å². The predicted molar refractivity (Wildman–Crippen MR) is 103 cm³/mol. The summed E-state index contributed by atoms with van der Waals surface area (Å²) in [7, 11) is 0. The summed E-state index contributed by atoms with van der Waals surface area (Å²) >= 11 is 0. The number of hydrogen-bond donors (Lipinski definition) is 1. The van der Waals surface area contributed by atoms with Gasteiger partial charge in [-0.25, -0.2) is 0 Å². The number of benzene rings is 2. The standard InChI is InChI=1S/C22H28N2O/c1-2-6-20(7-3-1)22(12-4-5-13-22)23-21-10-8-19(9-11-21)18-24-14-16-25-17-15-24/h1-3,6-11,23H,4-5,12-18H2. The second kappa shape index (κ2) is 7.59.